The number of imide groups is 1. The van der Waals surface area contributed by atoms with Crippen molar-refractivity contribution >= 4 is 56.8 Å². The van der Waals surface area contributed by atoms with Gasteiger partial charge >= 0.3 is 0 Å². The van der Waals surface area contributed by atoms with Gasteiger partial charge in [-0.25, -0.2) is 4.90 Å². The first-order chi connectivity index (χ1) is 7.59. The van der Waals surface area contributed by atoms with Crippen LogP contribution in [0.25, 0.3) is 0 Å². The number of hydrogen-bond acceptors (Lipinski definition) is 3. The molecule has 1 saturated heterocycles. The molecule has 0 aromatic heterocycles. The van der Waals surface area contributed by atoms with Gasteiger partial charge < -0.3 is 0 Å². The van der Waals surface area contributed by atoms with Gasteiger partial charge in [-0.1, -0.05) is 11.6 Å². The fraction of sp³-hybridized carbons (Fsp3) is 0.200. The van der Waals surface area contributed by atoms with Crippen LogP contribution in [-0.2, 0) is 9.59 Å². The Balaban J connectivity index is 2.38. The predicted molar refractivity (Wildman–Crippen MR) is 69.0 cm³/mol. The molecule has 2 rings (SSSR count). The van der Waals surface area contributed by atoms with Crippen LogP contribution < -0.4 is 4.90 Å². The van der Waals surface area contributed by atoms with E-state index in [0.29, 0.717) is 26.7 Å². The van der Waals surface area contributed by atoms with Crippen molar-refractivity contribution in [2.24, 2.45) is 0 Å². The first-order valence-corrected chi connectivity index (χ1v) is 6.81. The molecule has 0 bridgehead atoms. The van der Waals surface area contributed by atoms with Gasteiger partial charge in [-0.05, 0) is 34.1 Å². The first kappa shape index (κ1) is 12.0. The molecule has 1 aliphatic rings. The van der Waals surface area contributed by atoms with Crippen LogP contribution in [0.1, 0.15) is 0 Å². The number of benzene rings is 1. The minimum absolute atomic E-state index is 0.185. The van der Waals surface area contributed by atoms with Crippen LogP contribution in [0.3, 0.4) is 0 Å². The summed E-state index contributed by atoms with van der Waals surface area (Å²) in [5, 5.41) is 0.551. The Morgan fingerprint density at radius 2 is 1.88 bits per heavy atom. The lowest BCUT2D eigenvalue weighted by molar-refractivity contribution is -0.124. The Kier molecular flexibility index (Phi) is 3.56. The number of thioether (sulfide) groups is 1. The van der Waals surface area contributed by atoms with Crippen LogP contribution in [-0.4, -0.2) is 23.3 Å². The van der Waals surface area contributed by atoms with Crippen LogP contribution in [0, 0.1) is 0 Å². The lowest BCUT2D eigenvalue weighted by atomic mass is 10.3. The van der Waals surface area contributed by atoms with E-state index in [-0.39, 0.29) is 11.8 Å². The molecule has 0 N–H and O–H groups in total. The largest absolute Gasteiger partial charge is 0.273 e. The number of halogens is 2. The quantitative estimate of drug-likeness (QED) is 0.747. The van der Waals surface area contributed by atoms with Gasteiger partial charge in [0.05, 0.1) is 22.2 Å². The van der Waals surface area contributed by atoms with Crippen molar-refractivity contribution < 1.29 is 9.59 Å². The summed E-state index contributed by atoms with van der Waals surface area (Å²) in [6.45, 7) is 0. The van der Waals surface area contributed by atoms with E-state index in [1.807, 2.05) is 0 Å². The number of rotatable bonds is 1. The van der Waals surface area contributed by atoms with E-state index in [2.05, 4.69) is 15.9 Å². The lowest BCUT2D eigenvalue weighted by Crippen LogP contribution is -2.43. The number of amides is 2. The molecule has 0 spiro atoms. The molecule has 1 aromatic rings. The Labute approximate surface area is 110 Å². The zero-order valence-corrected chi connectivity index (χ0v) is 11.2. The van der Waals surface area contributed by atoms with E-state index in [4.69, 9.17) is 11.6 Å². The average molecular weight is 321 g/mol. The number of carbonyl (C=O) groups is 2. The molecular formula is C10H7BrClNO2S. The van der Waals surface area contributed by atoms with E-state index < -0.39 is 0 Å². The zero-order valence-electron chi connectivity index (χ0n) is 8.07. The molecular weight excluding hydrogens is 314 g/mol. The van der Waals surface area contributed by atoms with E-state index in [9.17, 15) is 9.59 Å². The van der Waals surface area contributed by atoms with Gasteiger partial charge in [-0.15, -0.1) is 11.8 Å². The van der Waals surface area contributed by atoms with Gasteiger partial charge in [0.15, 0.2) is 0 Å². The monoisotopic (exact) mass is 319 g/mol. The van der Waals surface area contributed by atoms with Crippen LogP contribution >= 0.6 is 39.3 Å². The SMILES string of the molecule is O=C1CSCC(=O)N1c1ccc(Cl)c(Br)c1. The molecule has 1 fully saturated rings. The Morgan fingerprint density at radius 3 is 2.44 bits per heavy atom. The van der Waals surface area contributed by atoms with Crippen molar-refractivity contribution in [3.05, 3.63) is 27.7 Å². The second kappa shape index (κ2) is 4.77. The highest BCUT2D eigenvalue weighted by Gasteiger charge is 2.27. The Morgan fingerprint density at radius 1 is 1.25 bits per heavy atom. The number of carbonyl (C=O) groups excluding carboxylic acids is 2. The van der Waals surface area contributed by atoms with E-state index in [1.165, 1.54) is 16.7 Å². The highest BCUT2D eigenvalue weighted by Crippen LogP contribution is 2.29. The third-order valence-corrected chi connectivity index (χ3v) is 4.23. The summed E-state index contributed by atoms with van der Waals surface area (Å²) in [7, 11) is 0. The summed E-state index contributed by atoms with van der Waals surface area (Å²) in [5.74, 6) is 0.309. The molecule has 84 valence electrons. The maximum Gasteiger partial charge on any atom is 0.243 e. The summed E-state index contributed by atoms with van der Waals surface area (Å²) >= 11 is 10.5. The molecule has 1 heterocycles. The van der Waals surface area contributed by atoms with E-state index in [0.717, 1.165) is 0 Å². The Hall–Kier alpha value is -0.520. The van der Waals surface area contributed by atoms with Crippen molar-refractivity contribution in [1.29, 1.82) is 0 Å². The summed E-state index contributed by atoms with van der Waals surface area (Å²) in [5.41, 5.74) is 0.562. The van der Waals surface area contributed by atoms with Crippen LogP contribution in [0.2, 0.25) is 5.02 Å². The fourth-order valence-corrected chi connectivity index (χ4v) is 2.60. The maximum atomic E-state index is 11.6. The minimum Gasteiger partial charge on any atom is -0.273 e. The normalized spacial score (nSPS) is 16.8. The summed E-state index contributed by atoms with van der Waals surface area (Å²) in [4.78, 5) is 24.5. The predicted octanol–water partition coefficient (Wildman–Crippen LogP) is 2.71. The summed E-state index contributed by atoms with van der Waals surface area (Å²) in [6, 6.07) is 5.00. The molecule has 0 unspecified atom stereocenters. The topological polar surface area (TPSA) is 37.4 Å². The van der Waals surface area contributed by atoms with Gasteiger partial charge in [-0.2, -0.15) is 0 Å². The summed E-state index contributed by atoms with van der Waals surface area (Å²) < 4.78 is 0.672. The zero-order chi connectivity index (χ0) is 11.7. The van der Waals surface area contributed by atoms with Gasteiger partial charge in [-0.3, -0.25) is 9.59 Å². The van der Waals surface area contributed by atoms with Crippen molar-refractivity contribution in [3.63, 3.8) is 0 Å². The van der Waals surface area contributed by atoms with Crippen LogP contribution in [0.5, 0.6) is 0 Å². The van der Waals surface area contributed by atoms with Crippen LogP contribution in [0.4, 0.5) is 5.69 Å². The molecule has 6 heteroatoms. The number of hydrogen-bond donors (Lipinski definition) is 0. The standard InChI is InChI=1S/C10H7BrClNO2S/c11-7-3-6(1-2-8(7)12)13-9(14)4-16-5-10(13)15/h1-3H,4-5H2. The van der Waals surface area contributed by atoms with Crippen LogP contribution in [0.15, 0.2) is 22.7 Å². The third kappa shape index (κ3) is 2.26. The van der Waals surface area contributed by atoms with Crippen molar-refractivity contribution in [2.45, 2.75) is 0 Å². The lowest BCUT2D eigenvalue weighted by Gasteiger charge is -2.24. The Bertz CT molecular complexity index is 450. The third-order valence-electron chi connectivity index (χ3n) is 2.11. The highest BCUT2D eigenvalue weighted by molar-refractivity contribution is 9.10. The second-order valence-electron chi connectivity index (χ2n) is 3.21. The van der Waals surface area contributed by atoms with E-state index in [1.54, 1.807) is 18.2 Å². The van der Waals surface area contributed by atoms with Gasteiger partial charge in [0.25, 0.3) is 0 Å². The van der Waals surface area contributed by atoms with E-state index >= 15 is 0 Å². The summed E-state index contributed by atoms with van der Waals surface area (Å²) in [6.07, 6.45) is 0. The molecule has 0 radical (unpaired) electrons. The van der Waals surface area contributed by atoms with Gasteiger partial charge in [0.1, 0.15) is 0 Å². The molecule has 2 amide bonds. The van der Waals surface area contributed by atoms with Gasteiger partial charge in [0.2, 0.25) is 11.8 Å². The highest BCUT2D eigenvalue weighted by atomic mass is 79.9. The molecule has 3 nitrogen and oxygen atoms in total. The molecule has 0 atom stereocenters. The fourth-order valence-electron chi connectivity index (χ4n) is 1.41. The minimum atomic E-state index is -0.185. The van der Waals surface area contributed by atoms with Crippen molar-refractivity contribution in [3.8, 4) is 0 Å². The van der Waals surface area contributed by atoms with Gasteiger partial charge in [0, 0.05) is 4.47 Å². The molecule has 0 saturated carbocycles. The maximum absolute atomic E-state index is 11.6. The first-order valence-electron chi connectivity index (χ1n) is 4.48. The molecule has 1 aliphatic heterocycles. The number of anilines is 1. The molecule has 0 aliphatic carbocycles. The molecule has 16 heavy (non-hydrogen) atoms. The smallest absolute Gasteiger partial charge is 0.243 e. The molecule has 1 aromatic carbocycles. The average Bonchev–Trinajstić information content (AvgIpc) is 2.23. The number of nitrogens with zero attached hydrogens (tertiary/aromatic N) is 1. The second-order valence-corrected chi connectivity index (χ2v) is 5.46. The van der Waals surface area contributed by atoms with Crippen molar-refractivity contribution in [2.75, 3.05) is 16.4 Å². The van der Waals surface area contributed by atoms with Crippen molar-refractivity contribution in [1.82, 2.24) is 0 Å².